The molecule has 0 rings (SSSR count). The highest BCUT2D eigenvalue weighted by molar-refractivity contribution is 5.82. The third-order valence-corrected chi connectivity index (χ3v) is 1.00. The summed E-state index contributed by atoms with van der Waals surface area (Å²) in [6.45, 7) is 0.687. The van der Waals surface area contributed by atoms with Gasteiger partial charge in [-0.05, 0) is 19.4 Å². The number of carbonyl (C=O) groups excluding carboxylic acids is 1. The Kier molecular flexibility index (Phi) is 5.01. The molecule has 0 bridgehead atoms. The third-order valence-electron chi connectivity index (χ3n) is 1.00. The Bertz CT molecular complexity index is 83.1. The van der Waals surface area contributed by atoms with E-state index in [1.165, 1.54) is 6.42 Å². The maximum atomic E-state index is 10.1. The summed E-state index contributed by atoms with van der Waals surface area (Å²) in [7, 11) is 0. The molecule has 0 fully saturated rings. The number of hydrogen-bond acceptors (Lipinski definition) is 2. The van der Waals surface area contributed by atoms with E-state index in [4.69, 9.17) is 11.5 Å². The van der Waals surface area contributed by atoms with Gasteiger partial charge in [-0.25, -0.2) is 4.79 Å². The van der Waals surface area contributed by atoms with Crippen LogP contribution in [0.4, 0.5) is 0 Å². The molecule has 0 aliphatic carbocycles. The van der Waals surface area contributed by atoms with Crippen LogP contribution in [0.25, 0.3) is 0 Å². The number of rotatable bonds is 5. The number of hydrogen-bond donors (Lipinski definition) is 2. The van der Waals surface area contributed by atoms with Gasteiger partial charge in [-0.3, -0.25) is 0 Å². The van der Waals surface area contributed by atoms with E-state index in [2.05, 4.69) is 0 Å². The zero-order valence-corrected chi connectivity index (χ0v) is 5.47. The first-order valence-electron chi connectivity index (χ1n) is 3.10. The third kappa shape index (κ3) is 7.30. The summed E-state index contributed by atoms with van der Waals surface area (Å²) in [6.07, 6.45) is 4.16. The van der Waals surface area contributed by atoms with Crippen LogP contribution in [0.2, 0.25) is 0 Å². The molecule has 1 amide bonds. The minimum atomic E-state index is -0.341. The molecule has 0 saturated heterocycles. The average Bonchev–Trinajstić information content (AvgIpc) is 1.80. The van der Waals surface area contributed by atoms with E-state index in [1.807, 2.05) is 0 Å². The number of unbranched alkanes of at least 4 members (excludes halogenated alkanes) is 2. The minimum absolute atomic E-state index is 0.341. The van der Waals surface area contributed by atoms with Crippen molar-refractivity contribution in [3.63, 3.8) is 0 Å². The SMILES string of the molecule is NCCCC[CH+]C(N)=O. The van der Waals surface area contributed by atoms with E-state index in [9.17, 15) is 4.79 Å². The van der Waals surface area contributed by atoms with Crippen molar-refractivity contribution in [1.82, 2.24) is 0 Å². The molecule has 0 spiro atoms. The fourth-order valence-electron chi connectivity index (χ4n) is 0.533. The molecule has 0 aromatic rings. The van der Waals surface area contributed by atoms with Gasteiger partial charge in [-0.2, -0.15) is 0 Å². The molecule has 3 nitrogen and oxygen atoms in total. The lowest BCUT2D eigenvalue weighted by Gasteiger charge is -1.86. The largest absolute Gasteiger partial charge is 0.399 e. The Morgan fingerprint density at radius 2 is 2.11 bits per heavy atom. The fourth-order valence-corrected chi connectivity index (χ4v) is 0.533. The van der Waals surface area contributed by atoms with Crippen molar-refractivity contribution in [3.05, 3.63) is 6.42 Å². The molecule has 52 valence electrons. The van der Waals surface area contributed by atoms with Crippen molar-refractivity contribution in [1.29, 1.82) is 0 Å². The van der Waals surface area contributed by atoms with Crippen molar-refractivity contribution in [2.75, 3.05) is 6.54 Å². The first kappa shape index (κ1) is 8.30. The van der Waals surface area contributed by atoms with Crippen LogP contribution < -0.4 is 11.5 Å². The molecular weight excluding hydrogens is 116 g/mol. The van der Waals surface area contributed by atoms with Gasteiger partial charge in [-0.15, -0.1) is 0 Å². The quantitative estimate of drug-likeness (QED) is 0.399. The van der Waals surface area contributed by atoms with E-state index in [-0.39, 0.29) is 5.91 Å². The van der Waals surface area contributed by atoms with Crippen LogP contribution in [0.5, 0.6) is 0 Å². The molecule has 0 unspecified atom stereocenters. The summed E-state index contributed by atoms with van der Waals surface area (Å²) in [5.41, 5.74) is 10.1. The lowest BCUT2D eigenvalue weighted by molar-refractivity contribution is -0.115. The number of nitrogens with two attached hydrogens (primary N) is 2. The van der Waals surface area contributed by atoms with E-state index in [0.29, 0.717) is 6.54 Å². The second-order valence-electron chi connectivity index (χ2n) is 1.89. The van der Waals surface area contributed by atoms with Gasteiger partial charge in [0.05, 0.1) is 6.42 Å². The Labute approximate surface area is 55.4 Å². The summed E-state index contributed by atoms with van der Waals surface area (Å²) in [6, 6.07) is 0. The Morgan fingerprint density at radius 3 is 2.56 bits per heavy atom. The van der Waals surface area contributed by atoms with Crippen LogP contribution in [0.1, 0.15) is 19.3 Å². The average molecular weight is 129 g/mol. The van der Waals surface area contributed by atoms with Gasteiger partial charge in [0.25, 0.3) is 0 Å². The van der Waals surface area contributed by atoms with Gasteiger partial charge in [0.15, 0.2) is 6.42 Å². The first-order valence-corrected chi connectivity index (χ1v) is 3.10. The van der Waals surface area contributed by atoms with E-state index in [1.54, 1.807) is 0 Å². The zero-order chi connectivity index (χ0) is 7.11. The van der Waals surface area contributed by atoms with Crippen molar-refractivity contribution in [3.8, 4) is 0 Å². The Balaban J connectivity index is 2.83. The highest BCUT2D eigenvalue weighted by Crippen LogP contribution is 1.95. The molecule has 0 aliphatic heterocycles. The van der Waals surface area contributed by atoms with Crippen molar-refractivity contribution in [2.45, 2.75) is 19.3 Å². The predicted octanol–water partition coefficient (Wildman–Crippen LogP) is -0.195. The number of carbonyl (C=O) groups is 1. The number of amides is 1. The molecule has 0 radical (unpaired) electrons. The zero-order valence-electron chi connectivity index (χ0n) is 5.47. The standard InChI is InChI=1S/C6H12N2O/c7-5-3-1-2-4-6(8)9/h4H,1-3,5,7H2,(H-,8,9)/p+1. The van der Waals surface area contributed by atoms with Crippen LogP contribution in [0.3, 0.4) is 0 Å². The second-order valence-corrected chi connectivity index (χ2v) is 1.89. The monoisotopic (exact) mass is 129 g/mol. The molecule has 0 aromatic heterocycles. The molecule has 4 N–H and O–H groups in total. The van der Waals surface area contributed by atoms with Gasteiger partial charge in [0.1, 0.15) is 0 Å². The first-order chi connectivity index (χ1) is 4.27. The van der Waals surface area contributed by atoms with Gasteiger partial charge in [0.2, 0.25) is 0 Å². The minimum Gasteiger partial charge on any atom is -0.330 e. The Hall–Kier alpha value is -0.700. The molecule has 0 aromatic carbocycles. The molecule has 0 heterocycles. The van der Waals surface area contributed by atoms with Crippen LogP contribution >= 0.6 is 0 Å². The molecule has 0 atom stereocenters. The second kappa shape index (κ2) is 5.44. The van der Waals surface area contributed by atoms with Gasteiger partial charge in [0, 0.05) is 0 Å². The topological polar surface area (TPSA) is 69.1 Å². The van der Waals surface area contributed by atoms with Crippen molar-refractivity contribution in [2.24, 2.45) is 11.5 Å². The van der Waals surface area contributed by atoms with E-state index in [0.717, 1.165) is 19.3 Å². The lowest BCUT2D eigenvalue weighted by Crippen LogP contribution is -2.10. The highest BCUT2D eigenvalue weighted by Gasteiger charge is 2.03. The normalized spacial score (nSPS) is 9.00. The van der Waals surface area contributed by atoms with Gasteiger partial charge in [-0.1, -0.05) is 0 Å². The molecule has 3 heteroatoms. The number of primary amides is 1. The van der Waals surface area contributed by atoms with Crippen LogP contribution in [0.15, 0.2) is 0 Å². The van der Waals surface area contributed by atoms with Gasteiger partial charge >= 0.3 is 5.91 Å². The molecule has 9 heavy (non-hydrogen) atoms. The maximum Gasteiger partial charge on any atom is 0.399 e. The molecular formula is C6H13N2O+. The lowest BCUT2D eigenvalue weighted by atomic mass is 10.2. The van der Waals surface area contributed by atoms with Crippen LogP contribution in [-0.2, 0) is 4.79 Å². The maximum absolute atomic E-state index is 10.1. The summed E-state index contributed by atoms with van der Waals surface area (Å²) in [5.74, 6) is -0.341. The van der Waals surface area contributed by atoms with Crippen LogP contribution in [0, 0.1) is 6.42 Å². The fraction of sp³-hybridized carbons (Fsp3) is 0.667. The summed E-state index contributed by atoms with van der Waals surface area (Å²) in [4.78, 5) is 10.1. The Morgan fingerprint density at radius 1 is 1.44 bits per heavy atom. The summed E-state index contributed by atoms with van der Waals surface area (Å²) >= 11 is 0. The predicted molar refractivity (Wildman–Crippen MR) is 36.4 cm³/mol. The molecule has 0 saturated carbocycles. The summed E-state index contributed by atoms with van der Waals surface area (Å²) in [5, 5.41) is 0. The van der Waals surface area contributed by atoms with Crippen molar-refractivity contribution < 1.29 is 4.79 Å². The smallest absolute Gasteiger partial charge is 0.330 e. The molecule has 0 aliphatic rings. The van der Waals surface area contributed by atoms with Gasteiger partial charge < -0.3 is 11.5 Å². The van der Waals surface area contributed by atoms with Crippen LogP contribution in [-0.4, -0.2) is 12.5 Å². The summed E-state index contributed by atoms with van der Waals surface area (Å²) < 4.78 is 0. The van der Waals surface area contributed by atoms with Crippen molar-refractivity contribution >= 4 is 5.91 Å². The van der Waals surface area contributed by atoms with E-state index < -0.39 is 0 Å². The highest BCUT2D eigenvalue weighted by atomic mass is 16.1. The van der Waals surface area contributed by atoms with E-state index >= 15 is 0 Å².